The highest BCUT2D eigenvalue weighted by Gasteiger charge is 2.07. The second kappa shape index (κ2) is 7.22. The third kappa shape index (κ3) is 4.06. The Kier molecular flexibility index (Phi) is 4.86. The zero-order valence-electron chi connectivity index (χ0n) is 13.2. The van der Waals surface area contributed by atoms with E-state index in [9.17, 15) is 5.11 Å². The lowest BCUT2D eigenvalue weighted by molar-refractivity contribution is 0.174. The average molecular weight is 307 g/mol. The molecule has 0 saturated carbocycles. The van der Waals surface area contributed by atoms with Crippen LogP contribution in [0.15, 0.2) is 67.0 Å². The molecule has 2 aromatic carbocycles. The summed E-state index contributed by atoms with van der Waals surface area (Å²) in [5.41, 5.74) is 4.26. The predicted molar refractivity (Wildman–Crippen MR) is 91.4 cm³/mol. The van der Waals surface area contributed by atoms with Gasteiger partial charge in [-0.1, -0.05) is 48.0 Å². The van der Waals surface area contributed by atoms with Gasteiger partial charge in [0, 0.05) is 24.8 Å². The minimum absolute atomic E-state index is 0.500. The molecule has 1 aromatic heterocycles. The van der Waals surface area contributed by atoms with Gasteiger partial charge in [-0.25, -0.2) is 4.68 Å². The fourth-order valence-electron chi connectivity index (χ4n) is 2.43. The molecule has 0 amide bonds. The van der Waals surface area contributed by atoms with Gasteiger partial charge in [0.15, 0.2) is 0 Å². The second-order valence-electron chi connectivity index (χ2n) is 5.69. The lowest BCUT2D eigenvalue weighted by Crippen LogP contribution is -2.20. The Hall–Kier alpha value is -2.43. The monoisotopic (exact) mass is 307 g/mol. The average Bonchev–Trinajstić information content (AvgIpc) is 3.05. The van der Waals surface area contributed by atoms with Crippen molar-refractivity contribution >= 4 is 0 Å². The second-order valence-corrected chi connectivity index (χ2v) is 5.69. The van der Waals surface area contributed by atoms with Crippen molar-refractivity contribution in [2.75, 3.05) is 6.54 Å². The van der Waals surface area contributed by atoms with Crippen molar-refractivity contribution < 1.29 is 5.11 Å². The van der Waals surface area contributed by atoms with Crippen molar-refractivity contribution in [2.24, 2.45) is 0 Å². The Morgan fingerprint density at radius 2 is 1.83 bits per heavy atom. The van der Waals surface area contributed by atoms with E-state index in [1.54, 1.807) is 0 Å². The summed E-state index contributed by atoms with van der Waals surface area (Å²) in [6, 6.07) is 18.0. The summed E-state index contributed by atoms with van der Waals surface area (Å²) in [5.74, 6) is 0. The molecule has 0 bridgehead atoms. The van der Waals surface area contributed by atoms with Gasteiger partial charge in [0.2, 0.25) is 0 Å². The molecular formula is C19H21N3O. The molecule has 3 rings (SSSR count). The van der Waals surface area contributed by atoms with E-state index in [0.717, 1.165) is 16.8 Å². The number of aliphatic hydroxyl groups excluding tert-OH is 1. The molecule has 0 aliphatic rings. The minimum atomic E-state index is -0.500. The standard InChI is InChI=1S/C19H21N3O/c1-15-7-9-17(10-8-15)19(23)13-20-11-16-12-21-22(14-16)18-5-3-2-4-6-18/h2-10,12,14,19-20,23H,11,13H2,1H3. The number of nitrogens with zero attached hydrogens (tertiary/aromatic N) is 2. The molecule has 4 nitrogen and oxygen atoms in total. The van der Waals surface area contributed by atoms with Crippen LogP contribution in [-0.4, -0.2) is 21.4 Å². The summed E-state index contributed by atoms with van der Waals surface area (Å²) < 4.78 is 1.85. The van der Waals surface area contributed by atoms with Gasteiger partial charge in [-0.05, 0) is 24.6 Å². The summed E-state index contributed by atoms with van der Waals surface area (Å²) in [6.07, 6.45) is 3.35. The number of hydrogen-bond acceptors (Lipinski definition) is 3. The molecule has 23 heavy (non-hydrogen) atoms. The van der Waals surface area contributed by atoms with Gasteiger partial charge in [0.05, 0.1) is 18.0 Å². The molecule has 1 atom stereocenters. The molecule has 1 heterocycles. The molecule has 1 unspecified atom stereocenters. The molecule has 0 saturated heterocycles. The zero-order chi connectivity index (χ0) is 16.1. The third-order valence-corrected chi connectivity index (χ3v) is 3.79. The van der Waals surface area contributed by atoms with Gasteiger partial charge in [0.1, 0.15) is 0 Å². The number of nitrogens with one attached hydrogen (secondary N) is 1. The molecule has 0 radical (unpaired) electrons. The van der Waals surface area contributed by atoms with Crippen LogP contribution < -0.4 is 5.32 Å². The van der Waals surface area contributed by atoms with Gasteiger partial charge < -0.3 is 10.4 Å². The molecule has 0 fully saturated rings. The Morgan fingerprint density at radius 3 is 2.57 bits per heavy atom. The maximum atomic E-state index is 10.2. The van der Waals surface area contributed by atoms with Crippen LogP contribution in [0.3, 0.4) is 0 Å². The van der Waals surface area contributed by atoms with Gasteiger partial charge >= 0.3 is 0 Å². The Bertz CT molecular complexity index is 735. The van der Waals surface area contributed by atoms with E-state index in [4.69, 9.17) is 0 Å². The van der Waals surface area contributed by atoms with E-state index in [1.165, 1.54) is 5.56 Å². The maximum absolute atomic E-state index is 10.2. The summed E-state index contributed by atoms with van der Waals surface area (Å²) >= 11 is 0. The highest BCUT2D eigenvalue weighted by Crippen LogP contribution is 2.13. The largest absolute Gasteiger partial charge is 0.387 e. The highest BCUT2D eigenvalue weighted by atomic mass is 16.3. The number of hydrogen-bond donors (Lipinski definition) is 2. The van der Waals surface area contributed by atoms with Gasteiger partial charge in [-0.3, -0.25) is 0 Å². The SMILES string of the molecule is Cc1ccc(C(O)CNCc2cnn(-c3ccccc3)c2)cc1. The predicted octanol–water partition coefficient (Wildman–Crippen LogP) is 3.00. The van der Waals surface area contributed by atoms with Gasteiger partial charge in [-0.15, -0.1) is 0 Å². The third-order valence-electron chi connectivity index (χ3n) is 3.79. The van der Waals surface area contributed by atoms with E-state index >= 15 is 0 Å². The van der Waals surface area contributed by atoms with Crippen LogP contribution in [0, 0.1) is 6.92 Å². The molecule has 118 valence electrons. The van der Waals surface area contributed by atoms with E-state index in [-0.39, 0.29) is 0 Å². The fourth-order valence-corrected chi connectivity index (χ4v) is 2.43. The lowest BCUT2D eigenvalue weighted by Gasteiger charge is -2.12. The maximum Gasteiger partial charge on any atom is 0.0914 e. The first kappa shape index (κ1) is 15.5. The summed E-state index contributed by atoms with van der Waals surface area (Å²) in [5, 5.41) is 17.8. The smallest absolute Gasteiger partial charge is 0.0914 e. The molecule has 4 heteroatoms. The van der Waals surface area contributed by atoms with E-state index in [1.807, 2.05) is 78.6 Å². The molecule has 0 aliphatic heterocycles. The van der Waals surface area contributed by atoms with Crippen LogP contribution >= 0.6 is 0 Å². The van der Waals surface area contributed by atoms with E-state index in [2.05, 4.69) is 10.4 Å². The van der Waals surface area contributed by atoms with E-state index in [0.29, 0.717) is 13.1 Å². The Labute approximate surface area is 136 Å². The van der Waals surface area contributed by atoms with Crippen molar-refractivity contribution in [1.82, 2.24) is 15.1 Å². The normalized spacial score (nSPS) is 12.3. The highest BCUT2D eigenvalue weighted by molar-refractivity contribution is 5.31. The first-order chi connectivity index (χ1) is 11.2. The number of aromatic nitrogens is 2. The lowest BCUT2D eigenvalue weighted by atomic mass is 10.1. The molecule has 0 aliphatic carbocycles. The van der Waals surface area contributed by atoms with Crippen molar-refractivity contribution in [3.05, 3.63) is 83.7 Å². The van der Waals surface area contributed by atoms with Crippen LogP contribution in [0.1, 0.15) is 22.8 Å². The van der Waals surface area contributed by atoms with Crippen molar-refractivity contribution in [3.63, 3.8) is 0 Å². The Balaban J connectivity index is 1.53. The number of rotatable bonds is 6. The van der Waals surface area contributed by atoms with Crippen LogP contribution in [-0.2, 0) is 6.54 Å². The summed E-state index contributed by atoms with van der Waals surface area (Å²) in [4.78, 5) is 0. The van der Waals surface area contributed by atoms with Crippen LogP contribution in [0.4, 0.5) is 0 Å². The fraction of sp³-hybridized carbons (Fsp3) is 0.211. The number of aryl methyl sites for hydroxylation is 1. The number of aliphatic hydroxyl groups is 1. The topological polar surface area (TPSA) is 50.1 Å². The number of benzene rings is 2. The summed E-state index contributed by atoms with van der Waals surface area (Å²) in [6.45, 7) is 3.23. The number of para-hydroxylation sites is 1. The quantitative estimate of drug-likeness (QED) is 0.736. The summed E-state index contributed by atoms with van der Waals surface area (Å²) in [7, 11) is 0. The molecule has 0 spiro atoms. The van der Waals surface area contributed by atoms with Crippen molar-refractivity contribution in [3.8, 4) is 5.69 Å². The van der Waals surface area contributed by atoms with Crippen molar-refractivity contribution in [2.45, 2.75) is 19.6 Å². The Morgan fingerprint density at radius 1 is 1.09 bits per heavy atom. The van der Waals surface area contributed by atoms with Gasteiger partial charge in [-0.2, -0.15) is 5.10 Å². The van der Waals surface area contributed by atoms with Crippen LogP contribution in [0.25, 0.3) is 5.69 Å². The van der Waals surface area contributed by atoms with E-state index < -0.39 is 6.10 Å². The first-order valence-corrected chi connectivity index (χ1v) is 7.77. The van der Waals surface area contributed by atoms with Crippen LogP contribution in [0.2, 0.25) is 0 Å². The van der Waals surface area contributed by atoms with Gasteiger partial charge in [0.25, 0.3) is 0 Å². The first-order valence-electron chi connectivity index (χ1n) is 7.77. The minimum Gasteiger partial charge on any atom is -0.387 e. The molecule has 2 N–H and O–H groups in total. The zero-order valence-corrected chi connectivity index (χ0v) is 13.2. The molecular weight excluding hydrogens is 286 g/mol. The van der Waals surface area contributed by atoms with Crippen molar-refractivity contribution in [1.29, 1.82) is 0 Å². The molecule has 3 aromatic rings. The van der Waals surface area contributed by atoms with Crippen LogP contribution in [0.5, 0.6) is 0 Å².